The zero-order valence-corrected chi connectivity index (χ0v) is 12.6. The smallest absolute Gasteiger partial charge is 0.251 e. The average Bonchev–Trinajstić information content (AvgIpc) is 3.23. The maximum Gasteiger partial charge on any atom is 0.251 e. The second-order valence-electron chi connectivity index (χ2n) is 6.26. The van der Waals surface area contributed by atoms with Gasteiger partial charge in [-0.25, -0.2) is 4.98 Å². The van der Waals surface area contributed by atoms with Crippen LogP contribution in [0.3, 0.4) is 0 Å². The first-order valence-electron chi connectivity index (χ1n) is 8.16. The topological polar surface area (TPSA) is 58.2 Å². The van der Waals surface area contributed by atoms with E-state index in [0.717, 1.165) is 62.2 Å². The second kappa shape index (κ2) is 5.72. The highest BCUT2D eigenvalue weighted by Crippen LogP contribution is 2.28. The van der Waals surface area contributed by atoms with Crippen LogP contribution in [0.2, 0.25) is 0 Å². The summed E-state index contributed by atoms with van der Waals surface area (Å²) in [5, 5.41) is 0. The minimum Gasteiger partial charge on any atom is -0.368 e. The van der Waals surface area contributed by atoms with Crippen molar-refractivity contribution in [3.05, 3.63) is 30.1 Å². The highest BCUT2D eigenvalue weighted by atomic mass is 16.5. The number of likely N-dealkylation sites (tertiary alicyclic amines) is 1. The number of H-pyrrole nitrogens is 1. The SMILES string of the molecule is O=C(C1CCCO1)N1CCCC(c2nc3ccccc3[nH]2)C1. The molecule has 5 nitrogen and oxygen atoms in total. The third-order valence-corrected chi connectivity index (χ3v) is 4.73. The van der Waals surface area contributed by atoms with E-state index in [9.17, 15) is 4.79 Å². The van der Waals surface area contributed by atoms with E-state index in [4.69, 9.17) is 9.72 Å². The second-order valence-corrected chi connectivity index (χ2v) is 6.26. The van der Waals surface area contributed by atoms with Crippen molar-refractivity contribution in [1.29, 1.82) is 0 Å². The first kappa shape index (κ1) is 13.8. The molecule has 2 aromatic rings. The van der Waals surface area contributed by atoms with Crippen molar-refractivity contribution in [3.63, 3.8) is 0 Å². The Labute approximate surface area is 129 Å². The van der Waals surface area contributed by atoms with Gasteiger partial charge in [-0.3, -0.25) is 4.79 Å². The Balaban J connectivity index is 1.51. The zero-order valence-electron chi connectivity index (χ0n) is 12.6. The van der Waals surface area contributed by atoms with E-state index >= 15 is 0 Å². The van der Waals surface area contributed by atoms with Crippen LogP contribution in [0, 0.1) is 0 Å². The van der Waals surface area contributed by atoms with Crippen LogP contribution < -0.4 is 0 Å². The highest BCUT2D eigenvalue weighted by molar-refractivity contribution is 5.81. The number of aromatic amines is 1. The molecule has 0 spiro atoms. The van der Waals surface area contributed by atoms with Crippen molar-refractivity contribution in [1.82, 2.24) is 14.9 Å². The molecule has 2 fully saturated rings. The first-order valence-corrected chi connectivity index (χ1v) is 8.16. The summed E-state index contributed by atoms with van der Waals surface area (Å²) in [7, 11) is 0. The van der Waals surface area contributed by atoms with Crippen LogP contribution >= 0.6 is 0 Å². The quantitative estimate of drug-likeness (QED) is 0.926. The predicted octanol–water partition coefficient (Wildman–Crippen LogP) is 2.45. The Morgan fingerprint density at radius 3 is 3.00 bits per heavy atom. The Bertz CT molecular complexity index is 642. The Hall–Kier alpha value is -1.88. The number of hydrogen-bond acceptors (Lipinski definition) is 3. The third-order valence-electron chi connectivity index (χ3n) is 4.73. The number of fused-ring (bicyclic) bond motifs is 1. The predicted molar refractivity (Wildman–Crippen MR) is 83.6 cm³/mol. The molecule has 2 unspecified atom stereocenters. The van der Waals surface area contributed by atoms with Crippen LogP contribution in [0.25, 0.3) is 11.0 Å². The number of rotatable bonds is 2. The molecular formula is C17H21N3O2. The fraction of sp³-hybridized carbons (Fsp3) is 0.529. The van der Waals surface area contributed by atoms with Gasteiger partial charge >= 0.3 is 0 Å². The van der Waals surface area contributed by atoms with E-state index in [0.29, 0.717) is 5.92 Å². The van der Waals surface area contributed by atoms with Gasteiger partial charge in [0.05, 0.1) is 11.0 Å². The number of nitrogens with one attached hydrogen (secondary N) is 1. The van der Waals surface area contributed by atoms with Crippen molar-refractivity contribution in [2.75, 3.05) is 19.7 Å². The summed E-state index contributed by atoms with van der Waals surface area (Å²) in [6, 6.07) is 8.08. The van der Waals surface area contributed by atoms with Crippen molar-refractivity contribution in [3.8, 4) is 0 Å². The summed E-state index contributed by atoms with van der Waals surface area (Å²) >= 11 is 0. The zero-order chi connectivity index (χ0) is 14.9. The fourth-order valence-corrected chi connectivity index (χ4v) is 3.54. The Morgan fingerprint density at radius 2 is 2.18 bits per heavy atom. The number of amides is 1. The monoisotopic (exact) mass is 299 g/mol. The van der Waals surface area contributed by atoms with E-state index in [-0.39, 0.29) is 12.0 Å². The fourth-order valence-electron chi connectivity index (χ4n) is 3.54. The van der Waals surface area contributed by atoms with Crippen molar-refractivity contribution in [2.45, 2.75) is 37.7 Å². The van der Waals surface area contributed by atoms with Crippen molar-refractivity contribution < 1.29 is 9.53 Å². The van der Waals surface area contributed by atoms with Gasteiger partial charge in [0.15, 0.2) is 0 Å². The van der Waals surface area contributed by atoms with Gasteiger partial charge in [-0.2, -0.15) is 0 Å². The lowest BCUT2D eigenvalue weighted by Gasteiger charge is -2.33. The van der Waals surface area contributed by atoms with E-state index in [1.165, 1.54) is 0 Å². The molecule has 5 heteroatoms. The number of ether oxygens (including phenoxy) is 1. The number of hydrogen-bond donors (Lipinski definition) is 1. The molecule has 4 rings (SSSR count). The lowest BCUT2D eigenvalue weighted by molar-refractivity contribution is -0.142. The van der Waals surface area contributed by atoms with Crippen LogP contribution in [0.4, 0.5) is 0 Å². The molecule has 0 bridgehead atoms. The van der Waals surface area contributed by atoms with Gasteiger partial charge in [-0.15, -0.1) is 0 Å². The van der Waals surface area contributed by atoms with E-state index in [1.54, 1.807) is 0 Å². The van der Waals surface area contributed by atoms with Crippen LogP contribution in [-0.4, -0.2) is 46.6 Å². The maximum absolute atomic E-state index is 12.5. The number of nitrogens with zero attached hydrogens (tertiary/aromatic N) is 2. The molecule has 116 valence electrons. The molecule has 0 radical (unpaired) electrons. The number of carbonyl (C=O) groups excluding carboxylic acids is 1. The molecule has 22 heavy (non-hydrogen) atoms. The van der Waals surface area contributed by atoms with Crippen LogP contribution in [0.15, 0.2) is 24.3 Å². The molecule has 2 aliphatic heterocycles. The molecule has 3 heterocycles. The van der Waals surface area contributed by atoms with E-state index in [1.807, 2.05) is 29.2 Å². The van der Waals surface area contributed by atoms with Crippen LogP contribution in [0.1, 0.15) is 37.4 Å². The molecule has 2 aliphatic rings. The molecule has 1 aromatic heterocycles. The molecule has 0 saturated carbocycles. The van der Waals surface area contributed by atoms with Crippen LogP contribution in [-0.2, 0) is 9.53 Å². The Kier molecular flexibility index (Phi) is 3.58. The summed E-state index contributed by atoms with van der Waals surface area (Å²) in [6.45, 7) is 2.31. The summed E-state index contributed by atoms with van der Waals surface area (Å²) in [5.74, 6) is 1.47. The van der Waals surface area contributed by atoms with Gasteiger partial charge in [0.25, 0.3) is 5.91 Å². The van der Waals surface area contributed by atoms with Gasteiger partial charge in [-0.05, 0) is 37.8 Å². The lowest BCUT2D eigenvalue weighted by Crippen LogP contribution is -2.44. The van der Waals surface area contributed by atoms with Crippen molar-refractivity contribution in [2.24, 2.45) is 0 Å². The molecular weight excluding hydrogens is 278 g/mol. The largest absolute Gasteiger partial charge is 0.368 e. The lowest BCUT2D eigenvalue weighted by atomic mass is 9.97. The molecule has 1 aromatic carbocycles. The summed E-state index contributed by atoms with van der Waals surface area (Å²) in [6.07, 6.45) is 3.76. The molecule has 2 atom stereocenters. The third kappa shape index (κ3) is 2.50. The van der Waals surface area contributed by atoms with E-state index in [2.05, 4.69) is 4.98 Å². The molecule has 1 amide bonds. The molecule has 1 N–H and O–H groups in total. The number of benzene rings is 1. The van der Waals surface area contributed by atoms with Gasteiger partial charge in [-0.1, -0.05) is 12.1 Å². The standard InChI is InChI=1S/C17H21N3O2/c21-17(15-8-4-10-22-15)20-9-3-5-12(11-20)16-18-13-6-1-2-7-14(13)19-16/h1-2,6-7,12,15H,3-5,8-11H2,(H,18,19). The minimum absolute atomic E-state index is 0.165. The maximum atomic E-state index is 12.5. The summed E-state index contributed by atoms with van der Waals surface area (Å²) in [4.78, 5) is 22.6. The Morgan fingerprint density at radius 1 is 1.27 bits per heavy atom. The summed E-state index contributed by atoms with van der Waals surface area (Å²) < 4.78 is 5.54. The van der Waals surface area contributed by atoms with Crippen molar-refractivity contribution >= 4 is 16.9 Å². The van der Waals surface area contributed by atoms with Gasteiger partial charge in [0, 0.05) is 25.6 Å². The van der Waals surface area contributed by atoms with Gasteiger partial charge in [0.1, 0.15) is 11.9 Å². The minimum atomic E-state index is -0.213. The summed E-state index contributed by atoms with van der Waals surface area (Å²) in [5.41, 5.74) is 2.07. The number of imidazole rings is 1. The van der Waals surface area contributed by atoms with Gasteiger partial charge < -0.3 is 14.6 Å². The number of aromatic nitrogens is 2. The number of carbonyl (C=O) groups is 1. The first-order chi connectivity index (χ1) is 10.8. The normalized spacial score (nSPS) is 25.7. The van der Waals surface area contributed by atoms with E-state index < -0.39 is 0 Å². The molecule has 0 aliphatic carbocycles. The highest BCUT2D eigenvalue weighted by Gasteiger charge is 2.32. The number of para-hydroxylation sites is 2. The number of piperidine rings is 1. The molecule has 2 saturated heterocycles. The van der Waals surface area contributed by atoms with Crippen LogP contribution in [0.5, 0.6) is 0 Å². The average molecular weight is 299 g/mol. The van der Waals surface area contributed by atoms with Gasteiger partial charge in [0.2, 0.25) is 0 Å².